The van der Waals surface area contributed by atoms with E-state index in [2.05, 4.69) is 6.92 Å². The molecule has 0 aromatic heterocycles. The van der Waals surface area contributed by atoms with Crippen LogP contribution in [0.25, 0.3) is 0 Å². The summed E-state index contributed by atoms with van der Waals surface area (Å²) in [6.45, 7) is 2.14. The molecule has 1 saturated carbocycles. The van der Waals surface area contributed by atoms with Gasteiger partial charge in [0.1, 0.15) is 0 Å². The van der Waals surface area contributed by atoms with Crippen LogP contribution < -0.4 is 0 Å². The van der Waals surface area contributed by atoms with Crippen LogP contribution in [0, 0.1) is 5.92 Å². The third-order valence-corrected chi connectivity index (χ3v) is 4.52. The van der Waals surface area contributed by atoms with Crippen molar-refractivity contribution in [1.82, 2.24) is 0 Å². The Hall–Kier alpha value is -0.240. The van der Waals surface area contributed by atoms with Crippen LogP contribution in [0.15, 0.2) is 18.2 Å². The fourth-order valence-corrected chi connectivity index (χ4v) is 3.33. The molecule has 1 aromatic carbocycles. The largest absolute Gasteiger partial charge is 0.389 e. The summed E-state index contributed by atoms with van der Waals surface area (Å²) in [6, 6.07) is 5.45. The molecule has 0 aliphatic heterocycles. The molecule has 0 heterocycles. The highest BCUT2D eigenvalue weighted by Crippen LogP contribution is 2.41. The van der Waals surface area contributed by atoms with E-state index in [9.17, 15) is 5.11 Å². The van der Waals surface area contributed by atoms with Gasteiger partial charge in [-0.15, -0.1) is 0 Å². The summed E-state index contributed by atoms with van der Waals surface area (Å²) in [5.41, 5.74) is 0.366. The van der Waals surface area contributed by atoms with Gasteiger partial charge in [-0.05, 0) is 42.5 Å². The topological polar surface area (TPSA) is 20.2 Å². The Kier molecular flexibility index (Phi) is 4.02. The molecule has 1 nitrogen and oxygen atoms in total. The quantitative estimate of drug-likeness (QED) is 0.861. The minimum atomic E-state index is -0.594. The average Bonchev–Trinajstić information content (AvgIpc) is 2.65. The first-order valence-corrected chi connectivity index (χ1v) is 6.97. The third kappa shape index (κ3) is 2.78. The maximum Gasteiger partial charge on any atom is 0.0716 e. The number of halogens is 2. The molecule has 1 fully saturated rings. The smallest absolute Gasteiger partial charge is 0.0716 e. The lowest BCUT2D eigenvalue weighted by molar-refractivity contribution is 0.00149. The van der Waals surface area contributed by atoms with Crippen molar-refractivity contribution in [2.75, 3.05) is 0 Å². The summed E-state index contributed by atoms with van der Waals surface area (Å²) in [7, 11) is 0. The first kappa shape index (κ1) is 13.2. The predicted molar refractivity (Wildman–Crippen MR) is 72.7 cm³/mol. The number of aliphatic hydroxyl groups is 1. The first-order chi connectivity index (χ1) is 8.05. The Labute approximate surface area is 113 Å². The summed E-state index contributed by atoms with van der Waals surface area (Å²) >= 11 is 12.1. The molecule has 1 N–H and O–H groups in total. The van der Waals surface area contributed by atoms with E-state index in [-0.39, 0.29) is 0 Å². The molecule has 17 heavy (non-hydrogen) atoms. The molecule has 2 unspecified atom stereocenters. The van der Waals surface area contributed by atoms with E-state index >= 15 is 0 Å². The summed E-state index contributed by atoms with van der Waals surface area (Å²) in [6.07, 6.45) is 4.73. The molecular weight excluding hydrogens is 255 g/mol. The minimum absolute atomic E-state index is 0.387. The van der Waals surface area contributed by atoms with Crippen LogP contribution in [0.2, 0.25) is 10.0 Å². The second kappa shape index (κ2) is 5.17. The molecule has 0 saturated heterocycles. The lowest BCUT2D eigenvalue weighted by Crippen LogP contribution is -2.35. The number of benzene rings is 1. The standard InChI is InChI=1S/C14H18Cl2O/c1-2-11-4-3-7-14(11,17)9-10-8-12(15)5-6-13(10)16/h5-6,8,11,17H,2-4,7,9H2,1H3. The Morgan fingerprint density at radius 3 is 2.88 bits per heavy atom. The number of rotatable bonds is 3. The van der Waals surface area contributed by atoms with Gasteiger partial charge in [-0.1, -0.05) is 43.0 Å². The lowest BCUT2D eigenvalue weighted by atomic mass is 9.83. The van der Waals surface area contributed by atoms with E-state index in [0.717, 1.165) is 31.2 Å². The van der Waals surface area contributed by atoms with Crippen molar-refractivity contribution in [1.29, 1.82) is 0 Å². The van der Waals surface area contributed by atoms with Gasteiger partial charge in [0.05, 0.1) is 5.60 Å². The van der Waals surface area contributed by atoms with E-state index in [1.807, 2.05) is 6.07 Å². The van der Waals surface area contributed by atoms with Gasteiger partial charge in [0, 0.05) is 16.5 Å². The van der Waals surface area contributed by atoms with Crippen molar-refractivity contribution in [2.24, 2.45) is 5.92 Å². The molecule has 0 amide bonds. The van der Waals surface area contributed by atoms with Crippen LogP contribution in [0.5, 0.6) is 0 Å². The summed E-state index contributed by atoms with van der Waals surface area (Å²) in [4.78, 5) is 0. The van der Waals surface area contributed by atoms with Crippen LogP contribution in [0.3, 0.4) is 0 Å². The monoisotopic (exact) mass is 272 g/mol. The summed E-state index contributed by atoms with van der Waals surface area (Å²) in [5.74, 6) is 0.387. The molecule has 3 heteroatoms. The maximum absolute atomic E-state index is 10.7. The van der Waals surface area contributed by atoms with Crippen LogP contribution >= 0.6 is 23.2 Å². The summed E-state index contributed by atoms with van der Waals surface area (Å²) < 4.78 is 0. The first-order valence-electron chi connectivity index (χ1n) is 6.21. The van der Waals surface area contributed by atoms with Gasteiger partial charge >= 0.3 is 0 Å². The zero-order chi connectivity index (χ0) is 12.5. The molecule has 0 spiro atoms. The highest BCUT2D eigenvalue weighted by Gasteiger charge is 2.40. The van der Waals surface area contributed by atoms with E-state index in [4.69, 9.17) is 23.2 Å². The van der Waals surface area contributed by atoms with Crippen molar-refractivity contribution in [3.63, 3.8) is 0 Å². The average molecular weight is 273 g/mol. The second-order valence-electron chi connectivity index (χ2n) is 5.01. The minimum Gasteiger partial charge on any atom is -0.389 e. The van der Waals surface area contributed by atoms with Gasteiger partial charge in [-0.3, -0.25) is 0 Å². The van der Waals surface area contributed by atoms with Gasteiger partial charge in [0.15, 0.2) is 0 Å². The van der Waals surface area contributed by atoms with Gasteiger partial charge in [0.2, 0.25) is 0 Å². The van der Waals surface area contributed by atoms with E-state index in [0.29, 0.717) is 22.4 Å². The third-order valence-electron chi connectivity index (χ3n) is 3.92. The van der Waals surface area contributed by atoms with E-state index in [1.54, 1.807) is 12.1 Å². The molecule has 1 aromatic rings. The normalized spacial score (nSPS) is 28.6. The maximum atomic E-state index is 10.7. The molecule has 1 aliphatic rings. The lowest BCUT2D eigenvalue weighted by Gasteiger charge is -2.30. The fourth-order valence-electron chi connectivity index (χ4n) is 2.95. The van der Waals surface area contributed by atoms with Crippen LogP contribution in [0.4, 0.5) is 0 Å². The van der Waals surface area contributed by atoms with Gasteiger partial charge in [-0.25, -0.2) is 0 Å². The molecule has 2 atom stereocenters. The fraction of sp³-hybridized carbons (Fsp3) is 0.571. The molecule has 0 bridgehead atoms. The second-order valence-corrected chi connectivity index (χ2v) is 5.86. The van der Waals surface area contributed by atoms with Crippen molar-refractivity contribution in [2.45, 2.75) is 44.6 Å². The highest BCUT2D eigenvalue weighted by atomic mass is 35.5. The van der Waals surface area contributed by atoms with Crippen molar-refractivity contribution in [3.8, 4) is 0 Å². The van der Waals surface area contributed by atoms with Gasteiger partial charge in [-0.2, -0.15) is 0 Å². The predicted octanol–water partition coefficient (Wildman–Crippen LogP) is 4.48. The van der Waals surface area contributed by atoms with Crippen molar-refractivity contribution in [3.05, 3.63) is 33.8 Å². The Morgan fingerprint density at radius 2 is 2.18 bits per heavy atom. The zero-order valence-electron chi connectivity index (χ0n) is 10.0. The van der Waals surface area contributed by atoms with Crippen LogP contribution in [-0.4, -0.2) is 10.7 Å². The van der Waals surface area contributed by atoms with Gasteiger partial charge < -0.3 is 5.11 Å². The van der Waals surface area contributed by atoms with Gasteiger partial charge in [0.25, 0.3) is 0 Å². The van der Waals surface area contributed by atoms with E-state index in [1.165, 1.54) is 0 Å². The SMILES string of the molecule is CCC1CCCC1(O)Cc1cc(Cl)ccc1Cl. The Morgan fingerprint density at radius 1 is 1.41 bits per heavy atom. The Balaban J connectivity index is 2.22. The van der Waals surface area contributed by atoms with Crippen LogP contribution in [-0.2, 0) is 6.42 Å². The van der Waals surface area contributed by atoms with Crippen LogP contribution in [0.1, 0.15) is 38.2 Å². The molecule has 94 valence electrons. The molecular formula is C14H18Cl2O. The van der Waals surface area contributed by atoms with Crippen molar-refractivity contribution < 1.29 is 5.11 Å². The number of hydrogen-bond acceptors (Lipinski definition) is 1. The van der Waals surface area contributed by atoms with Crippen molar-refractivity contribution >= 4 is 23.2 Å². The highest BCUT2D eigenvalue weighted by molar-refractivity contribution is 6.33. The van der Waals surface area contributed by atoms with E-state index < -0.39 is 5.60 Å². The number of hydrogen-bond donors (Lipinski definition) is 1. The summed E-state index contributed by atoms with van der Waals surface area (Å²) in [5, 5.41) is 12.1. The zero-order valence-corrected chi connectivity index (χ0v) is 11.6. The molecule has 0 radical (unpaired) electrons. The Bertz CT molecular complexity index is 405. The molecule has 1 aliphatic carbocycles. The molecule has 2 rings (SSSR count).